The molecule has 4 nitrogen and oxygen atoms in total. The van der Waals surface area contributed by atoms with Crippen LogP contribution in [0.25, 0.3) is 0 Å². The maximum Gasteiger partial charge on any atom is 0.344 e. The van der Waals surface area contributed by atoms with Gasteiger partial charge in [-0.3, -0.25) is 4.79 Å². The summed E-state index contributed by atoms with van der Waals surface area (Å²) in [5.74, 6) is -0.0936. The summed E-state index contributed by atoms with van der Waals surface area (Å²) in [6, 6.07) is 22.9. The molecule has 0 heterocycles. The van der Waals surface area contributed by atoms with Crippen molar-refractivity contribution in [3.8, 4) is 5.75 Å². The first-order chi connectivity index (χ1) is 13.5. The average Bonchev–Trinajstić information content (AvgIpc) is 2.73. The van der Waals surface area contributed by atoms with Gasteiger partial charge in [0.1, 0.15) is 11.9 Å². The van der Waals surface area contributed by atoms with Crippen molar-refractivity contribution in [1.29, 1.82) is 0 Å². The van der Waals surface area contributed by atoms with Crippen LogP contribution in [0.4, 0.5) is 0 Å². The Bertz CT molecular complexity index is 952. The first kappa shape index (κ1) is 19.6. The fraction of sp³-hybridized carbons (Fsp3) is 0.130. The lowest BCUT2D eigenvalue weighted by molar-refractivity contribution is -0.151. The summed E-state index contributed by atoms with van der Waals surface area (Å²) in [5.41, 5.74) is 1.91. The van der Waals surface area contributed by atoms with Gasteiger partial charge in [-0.2, -0.15) is 0 Å². The predicted molar refractivity (Wildman–Crippen MR) is 108 cm³/mol. The van der Waals surface area contributed by atoms with Crippen molar-refractivity contribution in [3.05, 3.63) is 101 Å². The van der Waals surface area contributed by atoms with Gasteiger partial charge in [-0.25, -0.2) is 4.79 Å². The van der Waals surface area contributed by atoms with Crippen LogP contribution in [-0.2, 0) is 9.53 Å². The van der Waals surface area contributed by atoms with E-state index in [1.165, 1.54) is 0 Å². The Hall–Kier alpha value is -3.11. The molecule has 0 aliphatic heterocycles. The molecule has 0 saturated heterocycles. The van der Waals surface area contributed by atoms with Crippen LogP contribution in [0.3, 0.4) is 0 Å². The third-order valence-electron chi connectivity index (χ3n) is 4.16. The van der Waals surface area contributed by atoms with Crippen LogP contribution >= 0.6 is 11.6 Å². The van der Waals surface area contributed by atoms with E-state index in [4.69, 9.17) is 21.1 Å². The summed E-state index contributed by atoms with van der Waals surface area (Å²) in [4.78, 5) is 24.4. The van der Waals surface area contributed by atoms with E-state index in [0.29, 0.717) is 21.9 Å². The SMILES string of the molecule is C[C@@H](OC(=O)COc1ccc(C(=O)c2ccccc2)cc1)c1ccccc1Cl. The molecule has 3 aromatic carbocycles. The highest BCUT2D eigenvalue weighted by Crippen LogP contribution is 2.25. The Kier molecular flexibility index (Phi) is 6.45. The number of rotatable bonds is 7. The zero-order chi connectivity index (χ0) is 19.9. The van der Waals surface area contributed by atoms with E-state index in [1.807, 2.05) is 36.4 Å². The monoisotopic (exact) mass is 394 g/mol. The molecule has 142 valence electrons. The predicted octanol–water partition coefficient (Wildman–Crippen LogP) is 5.25. The van der Waals surface area contributed by atoms with Gasteiger partial charge in [0.2, 0.25) is 0 Å². The van der Waals surface area contributed by atoms with Gasteiger partial charge in [0.15, 0.2) is 12.4 Å². The number of ether oxygens (including phenoxy) is 2. The molecule has 0 spiro atoms. The Morgan fingerprint density at radius 1 is 0.857 bits per heavy atom. The van der Waals surface area contributed by atoms with Gasteiger partial charge in [0.05, 0.1) is 0 Å². The molecule has 0 aliphatic rings. The molecule has 0 unspecified atom stereocenters. The lowest BCUT2D eigenvalue weighted by atomic mass is 10.0. The highest BCUT2D eigenvalue weighted by atomic mass is 35.5. The molecule has 0 amide bonds. The van der Waals surface area contributed by atoms with Crippen molar-refractivity contribution < 1.29 is 19.1 Å². The number of carbonyl (C=O) groups excluding carboxylic acids is 2. The Labute approximate surface area is 168 Å². The maximum absolute atomic E-state index is 12.4. The van der Waals surface area contributed by atoms with Gasteiger partial charge in [-0.05, 0) is 37.3 Å². The Morgan fingerprint density at radius 3 is 2.14 bits per heavy atom. The van der Waals surface area contributed by atoms with Crippen LogP contribution in [0.5, 0.6) is 5.75 Å². The number of ketones is 1. The molecule has 5 heteroatoms. The average molecular weight is 395 g/mol. The quantitative estimate of drug-likeness (QED) is 0.405. The number of esters is 1. The minimum atomic E-state index is -0.503. The zero-order valence-electron chi connectivity index (χ0n) is 15.3. The standard InChI is InChI=1S/C23H19ClO4/c1-16(20-9-5-6-10-21(20)24)28-22(25)15-27-19-13-11-18(12-14-19)23(26)17-7-3-2-4-8-17/h2-14,16H,15H2,1H3/t16-/m1/s1. The van der Waals surface area contributed by atoms with E-state index in [1.54, 1.807) is 49.4 Å². The third-order valence-corrected chi connectivity index (χ3v) is 4.50. The summed E-state index contributed by atoms with van der Waals surface area (Å²) in [6.07, 6.45) is -0.476. The van der Waals surface area contributed by atoms with E-state index in [9.17, 15) is 9.59 Å². The molecule has 0 aliphatic carbocycles. The van der Waals surface area contributed by atoms with Crippen molar-refractivity contribution in [2.24, 2.45) is 0 Å². The van der Waals surface area contributed by atoms with Gasteiger partial charge >= 0.3 is 5.97 Å². The second kappa shape index (κ2) is 9.20. The summed E-state index contributed by atoms with van der Waals surface area (Å²) in [5, 5.41) is 0.544. The molecule has 0 saturated carbocycles. The normalized spacial score (nSPS) is 11.5. The fourth-order valence-corrected chi connectivity index (χ4v) is 2.99. The van der Waals surface area contributed by atoms with Crippen molar-refractivity contribution in [1.82, 2.24) is 0 Å². The number of hydrogen-bond acceptors (Lipinski definition) is 4. The van der Waals surface area contributed by atoms with Crippen LogP contribution in [0.1, 0.15) is 34.5 Å². The van der Waals surface area contributed by atoms with E-state index in [0.717, 1.165) is 5.56 Å². The largest absolute Gasteiger partial charge is 0.482 e. The topological polar surface area (TPSA) is 52.6 Å². The number of halogens is 1. The summed E-state index contributed by atoms with van der Waals surface area (Å²) >= 11 is 6.11. The number of carbonyl (C=O) groups is 2. The molecule has 0 radical (unpaired) electrons. The van der Waals surface area contributed by atoms with Crippen molar-refractivity contribution in [2.75, 3.05) is 6.61 Å². The first-order valence-electron chi connectivity index (χ1n) is 8.81. The van der Waals surface area contributed by atoms with E-state index in [-0.39, 0.29) is 12.4 Å². The highest BCUT2D eigenvalue weighted by Gasteiger charge is 2.15. The molecule has 3 rings (SSSR count). The first-order valence-corrected chi connectivity index (χ1v) is 9.19. The second-order valence-electron chi connectivity index (χ2n) is 6.16. The number of hydrogen-bond donors (Lipinski definition) is 0. The molecular weight excluding hydrogens is 376 g/mol. The van der Waals surface area contributed by atoms with Crippen LogP contribution in [0, 0.1) is 0 Å². The van der Waals surface area contributed by atoms with E-state index in [2.05, 4.69) is 0 Å². The van der Waals surface area contributed by atoms with Crippen LogP contribution in [0.2, 0.25) is 5.02 Å². The van der Waals surface area contributed by atoms with Gasteiger partial charge in [0.25, 0.3) is 0 Å². The highest BCUT2D eigenvalue weighted by molar-refractivity contribution is 6.31. The van der Waals surface area contributed by atoms with E-state index < -0.39 is 12.1 Å². The van der Waals surface area contributed by atoms with Crippen molar-refractivity contribution >= 4 is 23.4 Å². The summed E-state index contributed by atoms with van der Waals surface area (Å²) in [6.45, 7) is 1.52. The maximum atomic E-state index is 12.4. The number of benzene rings is 3. The zero-order valence-corrected chi connectivity index (χ0v) is 16.1. The van der Waals surface area contributed by atoms with Crippen LogP contribution < -0.4 is 4.74 Å². The molecule has 0 bridgehead atoms. The fourth-order valence-electron chi connectivity index (χ4n) is 2.70. The summed E-state index contributed by atoms with van der Waals surface area (Å²) < 4.78 is 10.8. The van der Waals surface area contributed by atoms with E-state index >= 15 is 0 Å². The Morgan fingerprint density at radius 2 is 1.46 bits per heavy atom. The molecule has 1 atom stereocenters. The molecule has 28 heavy (non-hydrogen) atoms. The smallest absolute Gasteiger partial charge is 0.344 e. The van der Waals surface area contributed by atoms with Crippen LogP contribution in [-0.4, -0.2) is 18.4 Å². The Balaban J connectivity index is 1.54. The third kappa shape index (κ3) is 4.99. The van der Waals surface area contributed by atoms with Gasteiger partial charge < -0.3 is 9.47 Å². The summed E-state index contributed by atoms with van der Waals surface area (Å²) in [7, 11) is 0. The van der Waals surface area contributed by atoms with Crippen LogP contribution in [0.15, 0.2) is 78.9 Å². The van der Waals surface area contributed by atoms with Gasteiger partial charge in [-0.1, -0.05) is 60.1 Å². The second-order valence-corrected chi connectivity index (χ2v) is 6.57. The molecule has 3 aromatic rings. The molecule has 0 aromatic heterocycles. The van der Waals surface area contributed by atoms with Crippen molar-refractivity contribution in [3.63, 3.8) is 0 Å². The lowest BCUT2D eigenvalue weighted by Gasteiger charge is -2.15. The van der Waals surface area contributed by atoms with Gasteiger partial charge in [0, 0.05) is 21.7 Å². The molecule has 0 N–H and O–H groups in total. The minimum absolute atomic E-state index is 0.0693. The van der Waals surface area contributed by atoms with Crippen molar-refractivity contribution in [2.45, 2.75) is 13.0 Å². The molecule has 0 fully saturated rings. The van der Waals surface area contributed by atoms with Gasteiger partial charge in [-0.15, -0.1) is 0 Å². The lowest BCUT2D eigenvalue weighted by Crippen LogP contribution is -2.17. The molecular formula is C23H19ClO4. The minimum Gasteiger partial charge on any atom is -0.482 e.